The first-order valence-electron chi connectivity index (χ1n) is 8.79. The Labute approximate surface area is 148 Å². The van der Waals surface area contributed by atoms with E-state index in [2.05, 4.69) is 5.32 Å². The monoisotopic (exact) mass is 346 g/mol. The van der Waals surface area contributed by atoms with Gasteiger partial charge in [0.25, 0.3) is 0 Å². The highest BCUT2D eigenvalue weighted by atomic mass is 16.5. The number of benzene rings is 1. The maximum atomic E-state index is 12.8. The molecule has 0 radical (unpaired) electrons. The van der Waals surface area contributed by atoms with Crippen molar-refractivity contribution in [3.8, 4) is 5.75 Å². The Kier molecular flexibility index (Phi) is 5.27. The SMILES string of the molecule is COC[C@H](C)NC(=O)[C@H]1CC(=O)N(C2CC2)[C@H]1c1cccc(OC)c1. The Morgan fingerprint density at radius 1 is 1.36 bits per heavy atom. The van der Waals surface area contributed by atoms with Crippen LogP contribution in [0.2, 0.25) is 0 Å². The molecule has 0 spiro atoms. The highest BCUT2D eigenvalue weighted by Gasteiger charge is 2.49. The average molecular weight is 346 g/mol. The van der Waals surface area contributed by atoms with Gasteiger partial charge < -0.3 is 19.7 Å². The molecule has 3 rings (SSSR count). The topological polar surface area (TPSA) is 67.9 Å². The van der Waals surface area contributed by atoms with Crippen LogP contribution in [0.3, 0.4) is 0 Å². The van der Waals surface area contributed by atoms with Crippen molar-refractivity contribution in [1.82, 2.24) is 10.2 Å². The molecule has 6 heteroatoms. The molecule has 6 nitrogen and oxygen atoms in total. The summed E-state index contributed by atoms with van der Waals surface area (Å²) in [5, 5.41) is 2.98. The van der Waals surface area contributed by atoms with Crippen molar-refractivity contribution in [2.45, 2.75) is 44.3 Å². The lowest BCUT2D eigenvalue weighted by Crippen LogP contribution is -2.41. The third-order valence-electron chi connectivity index (χ3n) is 4.88. The number of hydrogen-bond acceptors (Lipinski definition) is 4. The summed E-state index contributed by atoms with van der Waals surface area (Å²) in [5.74, 6) is 0.322. The molecule has 1 N–H and O–H groups in total. The fraction of sp³-hybridized carbons (Fsp3) is 0.579. The number of carbonyl (C=O) groups excluding carboxylic acids is 2. The number of likely N-dealkylation sites (tertiary alicyclic amines) is 1. The highest BCUT2D eigenvalue weighted by molar-refractivity contribution is 5.91. The zero-order valence-electron chi connectivity index (χ0n) is 15.0. The molecule has 2 aliphatic rings. The summed E-state index contributed by atoms with van der Waals surface area (Å²) >= 11 is 0. The van der Waals surface area contributed by atoms with Crippen LogP contribution in [-0.4, -0.2) is 49.6 Å². The summed E-state index contributed by atoms with van der Waals surface area (Å²) in [5.41, 5.74) is 0.955. The highest BCUT2D eigenvalue weighted by Crippen LogP contribution is 2.45. The van der Waals surface area contributed by atoms with Crippen molar-refractivity contribution in [2.75, 3.05) is 20.8 Å². The molecule has 1 aliphatic heterocycles. The van der Waals surface area contributed by atoms with Crippen LogP contribution < -0.4 is 10.1 Å². The van der Waals surface area contributed by atoms with Gasteiger partial charge in [-0.2, -0.15) is 0 Å². The predicted octanol–water partition coefficient (Wildman–Crippen LogP) is 1.90. The summed E-state index contributed by atoms with van der Waals surface area (Å²) < 4.78 is 10.4. The van der Waals surface area contributed by atoms with Gasteiger partial charge in [-0.1, -0.05) is 12.1 Å². The van der Waals surface area contributed by atoms with Crippen LogP contribution >= 0.6 is 0 Å². The summed E-state index contributed by atoms with van der Waals surface area (Å²) in [4.78, 5) is 27.4. The Balaban J connectivity index is 1.87. The first-order valence-corrected chi connectivity index (χ1v) is 8.79. The van der Waals surface area contributed by atoms with Crippen molar-refractivity contribution >= 4 is 11.8 Å². The lowest BCUT2D eigenvalue weighted by molar-refractivity contribution is -0.129. The second kappa shape index (κ2) is 7.44. The molecule has 2 amide bonds. The van der Waals surface area contributed by atoms with Crippen LogP contribution in [0, 0.1) is 5.92 Å². The van der Waals surface area contributed by atoms with Crippen molar-refractivity contribution in [2.24, 2.45) is 5.92 Å². The van der Waals surface area contributed by atoms with E-state index in [0.29, 0.717) is 6.61 Å². The van der Waals surface area contributed by atoms with Crippen molar-refractivity contribution < 1.29 is 19.1 Å². The van der Waals surface area contributed by atoms with Gasteiger partial charge in [-0.15, -0.1) is 0 Å². The van der Waals surface area contributed by atoms with Crippen LogP contribution in [0.25, 0.3) is 0 Å². The van der Waals surface area contributed by atoms with Crippen LogP contribution in [0.1, 0.15) is 37.8 Å². The smallest absolute Gasteiger partial charge is 0.226 e. The van der Waals surface area contributed by atoms with Gasteiger partial charge in [0.05, 0.1) is 25.7 Å². The molecule has 1 saturated carbocycles. The van der Waals surface area contributed by atoms with Gasteiger partial charge in [-0.05, 0) is 37.5 Å². The maximum absolute atomic E-state index is 12.8. The Bertz CT molecular complexity index is 644. The minimum Gasteiger partial charge on any atom is -0.497 e. The predicted molar refractivity (Wildman–Crippen MR) is 93.2 cm³/mol. The summed E-state index contributed by atoms with van der Waals surface area (Å²) in [7, 11) is 3.23. The Hall–Kier alpha value is -2.08. The number of amides is 2. The fourth-order valence-corrected chi connectivity index (χ4v) is 3.63. The Morgan fingerprint density at radius 3 is 2.76 bits per heavy atom. The molecule has 1 saturated heterocycles. The molecule has 136 valence electrons. The van der Waals surface area contributed by atoms with E-state index in [1.54, 1.807) is 14.2 Å². The molecule has 0 unspecified atom stereocenters. The first kappa shape index (κ1) is 17.7. The molecule has 3 atom stereocenters. The fourth-order valence-electron chi connectivity index (χ4n) is 3.63. The van der Waals surface area contributed by atoms with Gasteiger partial charge in [0, 0.05) is 25.6 Å². The normalized spacial score (nSPS) is 24.3. The van der Waals surface area contributed by atoms with E-state index in [1.807, 2.05) is 36.1 Å². The molecule has 25 heavy (non-hydrogen) atoms. The van der Waals surface area contributed by atoms with E-state index in [9.17, 15) is 9.59 Å². The number of nitrogens with one attached hydrogen (secondary N) is 1. The van der Waals surface area contributed by atoms with E-state index < -0.39 is 0 Å². The van der Waals surface area contributed by atoms with Gasteiger partial charge in [-0.25, -0.2) is 0 Å². The molecule has 1 aromatic carbocycles. The van der Waals surface area contributed by atoms with E-state index in [1.165, 1.54) is 0 Å². The van der Waals surface area contributed by atoms with Crippen molar-refractivity contribution in [1.29, 1.82) is 0 Å². The van der Waals surface area contributed by atoms with Gasteiger partial charge in [0.1, 0.15) is 5.75 Å². The summed E-state index contributed by atoms with van der Waals surface area (Å²) in [6.45, 7) is 2.35. The summed E-state index contributed by atoms with van der Waals surface area (Å²) in [6.07, 6.45) is 2.28. The standard InChI is InChI=1S/C19H26N2O4/c1-12(11-24-2)20-19(23)16-10-17(22)21(14-7-8-14)18(16)13-5-4-6-15(9-13)25-3/h4-6,9,12,14,16,18H,7-8,10-11H2,1-3H3,(H,20,23)/t12-,16-,18-/m0/s1. The molecule has 1 heterocycles. The van der Waals surface area contributed by atoms with Gasteiger partial charge in [0.2, 0.25) is 11.8 Å². The van der Waals surface area contributed by atoms with Gasteiger partial charge >= 0.3 is 0 Å². The van der Waals surface area contributed by atoms with Gasteiger partial charge in [0.15, 0.2) is 0 Å². The van der Waals surface area contributed by atoms with Crippen LogP contribution in [0.15, 0.2) is 24.3 Å². The molecule has 0 aromatic heterocycles. The van der Waals surface area contributed by atoms with E-state index >= 15 is 0 Å². The minimum absolute atomic E-state index is 0.0647. The maximum Gasteiger partial charge on any atom is 0.226 e. The summed E-state index contributed by atoms with van der Waals surface area (Å²) in [6, 6.07) is 7.62. The van der Waals surface area contributed by atoms with E-state index in [0.717, 1.165) is 24.2 Å². The van der Waals surface area contributed by atoms with Crippen molar-refractivity contribution in [3.05, 3.63) is 29.8 Å². The third-order valence-corrected chi connectivity index (χ3v) is 4.88. The third kappa shape index (κ3) is 3.79. The van der Waals surface area contributed by atoms with E-state index in [-0.39, 0.29) is 42.3 Å². The van der Waals surface area contributed by atoms with Gasteiger partial charge in [-0.3, -0.25) is 9.59 Å². The minimum atomic E-state index is -0.389. The Morgan fingerprint density at radius 2 is 2.12 bits per heavy atom. The number of rotatable bonds is 7. The molecule has 1 aromatic rings. The average Bonchev–Trinajstić information content (AvgIpc) is 3.37. The molecule has 2 fully saturated rings. The number of hydrogen-bond donors (Lipinski definition) is 1. The zero-order chi connectivity index (χ0) is 18.0. The van der Waals surface area contributed by atoms with E-state index in [4.69, 9.17) is 9.47 Å². The molecule has 1 aliphatic carbocycles. The molecular formula is C19H26N2O4. The second-order valence-electron chi connectivity index (χ2n) is 6.93. The second-order valence-corrected chi connectivity index (χ2v) is 6.93. The number of methoxy groups -OCH3 is 2. The van der Waals surface area contributed by atoms with Crippen molar-refractivity contribution in [3.63, 3.8) is 0 Å². The number of carbonyl (C=O) groups is 2. The number of ether oxygens (including phenoxy) is 2. The molecule has 0 bridgehead atoms. The lowest BCUT2D eigenvalue weighted by atomic mass is 9.92. The number of nitrogens with zero attached hydrogens (tertiary/aromatic N) is 1. The van der Waals surface area contributed by atoms with Crippen LogP contribution in [-0.2, 0) is 14.3 Å². The van der Waals surface area contributed by atoms with Crippen LogP contribution in [0.5, 0.6) is 5.75 Å². The largest absolute Gasteiger partial charge is 0.497 e. The molecular weight excluding hydrogens is 320 g/mol. The lowest BCUT2D eigenvalue weighted by Gasteiger charge is -2.29. The zero-order valence-corrected chi connectivity index (χ0v) is 15.0. The first-order chi connectivity index (χ1) is 12.0. The van der Waals surface area contributed by atoms with Crippen LogP contribution in [0.4, 0.5) is 0 Å². The quantitative estimate of drug-likeness (QED) is 0.819.